The Morgan fingerprint density at radius 2 is 2.25 bits per heavy atom. The summed E-state index contributed by atoms with van der Waals surface area (Å²) in [6, 6.07) is 6.87. The summed E-state index contributed by atoms with van der Waals surface area (Å²) in [7, 11) is 0. The van der Waals surface area contributed by atoms with E-state index < -0.39 is 11.8 Å². The summed E-state index contributed by atoms with van der Waals surface area (Å²) >= 11 is 5.76. The SMILES string of the molecule is O=C(NCCc1nc(-c2ccco2)n[nH]1)Nc1cc(Cl)ccc1F. The fraction of sp³-hybridized carbons (Fsp3) is 0.133. The molecule has 0 unspecified atom stereocenters. The molecule has 3 N–H and O–H groups in total. The second kappa shape index (κ2) is 7.14. The van der Waals surface area contributed by atoms with E-state index in [4.69, 9.17) is 16.0 Å². The van der Waals surface area contributed by atoms with E-state index in [-0.39, 0.29) is 5.69 Å². The summed E-state index contributed by atoms with van der Waals surface area (Å²) in [5, 5.41) is 12.1. The maximum absolute atomic E-state index is 13.5. The highest BCUT2D eigenvalue weighted by molar-refractivity contribution is 6.30. The number of rotatable bonds is 5. The Kier molecular flexibility index (Phi) is 4.76. The quantitative estimate of drug-likeness (QED) is 0.659. The Labute approximate surface area is 141 Å². The molecule has 0 aliphatic heterocycles. The minimum absolute atomic E-state index is 0.0137. The molecule has 2 heterocycles. The largest absolute Gasteiger partial charge is 0.461 e. The zero-order valence-corrected chi connectivity index (χ0v) is 13.1. The highest BCUT2D eigenvalue weighted by Crippen LogP contribution is 2.19. The molecule has 9 heteroatoms. The van der Waals surface area contributed by atoms with E-state index >= 15 is 0 Å². The van der Waals surface area contributed by atoms with Gasteiger partial charge in [0.25, 0.3) is 0 Å². The number of aromatic amines is 1. The van der Waals surface area contributed by atoms with E-state index in [2.05, 4.69) is 25.8 Å². The predicted molar refractivity (Wildman–Crippen MR) is 86.2 cm³/mol. The lowest BCUT2D eigenvalue weighted by Gasteiger charge is -2.08. The first-order valence-electron chi connectivity index (χ1n) is 7.07. The number of halogens is 2. The van der Waals surface area contributed by atoms with Gasteiger partial charge in [0.2, 0.25) is 5.82 Å². The first-order valence-corrected chi connectivity index (χ1v) is 7.44. The fourth-order valence-corrected chi connectivity index (χ4v) is 2.15. The van der Waals surface area contributed by atoms with Crippen LogP contribution in [0.3, 0.4) is 0 Å². The normalized spacial score (nSPS) is 10.6. The molecule has 1 aromatic carbocycles. The van der Waals surface area contributed by atoms with Crippen molar-refractivity contribution in [2.24, 2.45) is 0 Å². The number of benzene rings is 1. The van der Waals surface area contributed by atoms with Crippen LogP contribution in [0.25, 0.3) is 11.6 Å². The van der Waals surface area contributed by atoms with Crippen LogP contribution in [0.1, 0.15) is 5.82 Å². The van der Waals surface area contributed by atoms with Crippen molar-refractivity contribution in [3.05, 3.63) is 53.3 Å². The van der Waals surface area contributed by atoms with Crippen molar-refractivity contribution < 1.29 is 13.6 Å². The Balaban J connectivity index is 1.49. The first kappa shape index (κ1) is 16.0. The smallest absolute Gasteiger partial charge is 0.319 e. The van der Waals surface area contributed by atoms with Crippen LogP contribution in [0.2, 0.25) is 5.02 Å². The number of nitrogens with zero attached hydrogens (tertiary/aromatic N) is 2. The molecule has 7 nitrogen and oxygen atoms in total. The molecule has 0 saturated heterocycles. The van der Waals surface area contributed by atoms with E-state index in [0.717, 1.165) is 0 Å². The second-order valence-corrected chi connectivity index (χ2v) is 5.27. The van der Waals surface area contributed by atoms with E-state index in [1.807, 2.05) is 0 Å². The number of amides is 2. The maximum atomic E-state index is 13.5. The van der Waals surface area contributed by atoms with E-state index in [1.165, 1.54) is 24.5 Å². The van der Waals surface area contributed by atoms with Gasteiger partial charge in [0, 0.05) is 18.0 Å². The third-order valence-electron chi connectivity index (χ3n) is 3.10. The molecule has 2 aromatic heterocycles. The molecule has 0 aliphatic carbocycles. The molecule has 0 radical (unpaired) electrons. The van der Waals surface area contributed by atoms with Gasteiger partial charge in [0.1, 0.15) is 11.6 Å². The number of hydrogen-bond donors (Lipinski definition) is 3. The van der Waals surface area contributed by atoms with Gasteiger partial charge in [0.05, 0.1) is 12.0 Å². The molecule has 0 spiro atoms. The summed E-state index contributed by atoms with van der Waals surface area (Å²) in [5.41, 5.74) is 0.0137. The van der Waals surface area contributed by atoms with Gasteiger partial charge in [-0.2, -0.15) is 5.10 Å². The molecule has 3 rings (SSSR count). The van der Waals surface area contributed by atoms with Crippen LogP contribution in [0, 0.1) is 5.82 Å². The summed E-state index contributed by atoms with van der Waals surface area (Å²) in [5.74, 6) is 1.03. The van der Waals surface area contributed by atoms with Gasteiger partial charge in [-0.05, 0) is 30.3 Å². The van der Waals surface area contributed by atoms with Crippen LogP contribution in [-0.2, 0) is 6.42 Å². The second-order valence-electron chi connectivity index (χ2n) is 4.84. The van der Waals surface area contributed by atoms with Crippen LogP contribution in [-0.4, -0.2) is 27.8 Å². The molecule has 0 fully saturated rings. The van der Waals surface area contributed by atoms with Gasteiger partial charge in [-0.25, -0.2) is 14.2 Å². The van der Waals surface area contributed by atoms with Crippen LogP contribution < -0.4 is 10.6 Å². The highest BCUT2D eigenvalue weighted by Gasteiger charge is 2.10. The van der Waals surface area contributed by atoms with Crippen LogP contribution in [0.4, 0.5) is 14.9 Å². The molecule has 124 valence electrons. The molecular weight excluding hydrogens is 337 g/mol. The average Bonchev–Trinajstić information content (AvgIpc) is 3.22. The molecule has 2 amide bonds. The number of carbonyl (C=O) groups excluding carboxylic acids is 1. The van der Waals surface area contributed by atoms with Gasteiger partial charge in [-0.3, -0.25) is 5.10 Å². The zero-order chi connectivity index (χ0) is 16.9. The topological polar surface area (TPSA) is 95.8 Å². The number of nitrogens with one attached hydrogen (secondary N) is 3. The number of urea groups is 1. The maximum Gasteiger partial charge on any atom is 0.319 e. The van der Waals surface area contributed by atoms with Crippen LogP contribution >= 0.6 is 11.6 Å². The van der Waals surface area contributed by atoms with Gasteiger partial charge in [0.15, 0.2) is 5.76 Å². The zero-order valence-electron chi connectivity index (χ0n) is 12.3. The monoisotopic (exact) mass is 349 g/mol. The predicted octanol–water partition coefficient (Wildman–Crippen LogP) is 3.22. The Morgan fingerprint density at radius 1 is 1.38 bits per heavy atom. The highest BCUT2D eigenvalue weighted by atomic mass is 35.5. The van der Waals surface area contributed by atoms with E-state index in [0.29, 0.717) is 35.4 Å². The number of furan rings is 1. The Morgan fingerprint density at radius 3 is 3.04 bits per heavy atom. The van der Waals surface area contributed by atoms with Crippen molar-refractivity contribution in [2.75, 3.05) is 11.9 Å². The molecular formula is C15H13ClFN5O2. The van der Waals surface area contributed by atoms with Crippen molar-refractivity contribution in [2.45, 2.75) is 6.42 Å². The van der Waals surface area contributed by atoms with Gasteiger partial charge >= 0.3 is 6.03 Å². The third kappa shape index (κ3) is 3.90. The van der Waals surface area contributed by atoms with Crippen molar-refractivity contribution >= 4 is 23.3 Å². The Bertz CT molecular complexity index is 834. The summed E-state index contributed by atoms with van der Waals surface area (Å²) in [6.45, 7) is 0.292. The number of carbonyl (C=O) groups is 1. The van der Waals surface area contributed by atoms with Gasteiger partial charge < -0.3 is 15.1 Å². The molecule has 0 saturated carbocycles. The average molecular weight is 350 g/mol. The first-order chi connectivity index (χ1) is 11.6. The van der Waals surface area contributed by atoms with Gasteiger partial charge in [-0.15, -0.1) is 0 Å². The summed E-state index contributed by atoms with van der Waals surface area (Å²) < 4.78 is 18.7. The number of H-pyrrole nitrogens is 1. The number of hydrogen-bond acceptors (Lipinski definition) is 4. The number of aromatic nitrogens is 3. The fourth-order valence-electron chi connectivity index (χ4n) is 1.98. The van der Waals surface area contributed by atoms with Gasteiger partial charge in [-0.1, -0.05) is 11.6 Å². The summed E-state index contributed by atoms with van der Waals surface area (Å²) in [4.78, 5) is 16.0. The van der Waals surface area contributed by atoms with E-state index in [9.17, 15) is 9.18 Å². The van der Waals surface area contributed by atoms with Crippen molar-refractivity contribution in [1.82, 2.24) is 20.5 Å². The van der Waals surface area contributed by atoms with Crippen LogP contribution in [0.15, 0.2) is 41.0 Å². The molecule has 3 aromatic rings. The lowest BCUT2D eigenvalue weighted by atomic mass is 10.3. The summed E-state index contributed by atoms with van der Waals surface area (Å²) in [6.07, 6.45) is 1.96. The standard InChI is InChI=1S/C15H13ClFN5O2/c16-9-3-4-10(17)11(8-9)19-15(23)18-6-5-13-20-14(22-21-13)12-2-1-7-24-12/h1-4,7-8H,5-6H2,(H2,18,19,23)(H,20,21,22). The third-order valence-corrected chi connectivity index (χ3v) is 3.33. The molecule has 0 bridgehead atoms. The molecule has 0 atom stereocenters. The molecule has 0 aliphatic rings. The Hall–Kier alpha value is -2.87. The minimum Gasteiger partial charge on any atom is -0.461 e. The lowest BCUT2D eigenvalue weighted by molar-refractivity contribution is 0.252. The van der Waals surface area contributed by atoms with Crippen LogP contribution in [0.5, 0.6) is 0 Å². The minimum atomic E-state index is -0.562. The van der Waals surface area contributed by atoms with E-state index in [1.54, 1.807) is 12.1 Å². The number of anilines is 1. The van der Waals surface area contributed by atoms with Crippen molar-refractivity contribution in [3.63, 3.8) is 0 Å². The van der Waals surface area contributed by atoms with Crippen molar-refractivity contribution in [1.29, 1.82) is 0 Å². The lowest BCUT2D eigenvalue weighted by Crippen LogP contribution is -2.30. The molecule has 24 heavy (non-hydrogen) atoms. The van der Waals surface area contributed by atoms with Crippen molar-refractivity contribution in [3.8, 4) is 11.6 Å².